The molecule has 30 heavy (non-hydrogen) atoms. The van der Waals surface area contributed by atoms with Gasteiger partial charge in [-0.05, 0) is 46.5 Å². The highest BCUT2D eigenvalue weighted by Gasteiger charge is 2.11. The zero-order valence-corrected chi connectivity index (χ0v) is 17.1. The molecule has 4 rings (SSSR count). The van der Waals surface area contributed by atoms with Gasteiger partial charge in [-0.15, -0.1) is 0 Å². The summed E-state index contributed by atoms with van der Waals surface area (Å²) in [5.74, 6) is 0. The molecule has 150 valence electrons. The average Bonchev–Trinajstić information content (AvgIpc) is 2.84. The minimum Gasteiger partial charge on any atom is -0.345 e. The second-order valence-corrected chi connectivity index (χ2v) is 7.52. The molecule has 0 aromatic heterocycles. The van der Waals surface area contributed by atoms with Crippen LogP contribution in [0.25, 0.3) is 0 Å². The normalized spacial score (nSPS) is 12.9. The number of rotatable bonds is 6. The smallest absolute Gasteiger partial charge is 0.0551 e. The van der Waals surface area contributed by atoms with Crippen LogP contribution in [-0.4, -0.2) is 7.05 Å². The van der Waals surface area contributed by atoms with Crippen LogP contribution in [0.5, 0.6) is 0 Å². The molecule has 0 saturated heterocycles. The lowest BCUT2D eigenvalue weighted by molar-refractivity contribution is 0.870. The first kappa shape index (κ1) is 19.9. The van der Waals surface area contributed by atoms with Gasteiger partial charge in [0.05, 0.1) is 12.1 Å². The summed E-state index contributed by atoms with van der Waals surface area (Å²) in [4.78, 5) is 2.16. The van der Waals surface area contributed by atoms with Gasteiger partial charge in [0.15, 0.2) is 0 Å². The van der Waals surface area contributed by atoms with Crippen molar-refractivity contribution in [3.8, 4) is 0 Å². The molecule has 3 heteroatoms. The minimum absolute atomic E-state index is 0.121. The summed E-state index contributed by atoms with van der Waals surface area (Å²) in [6, 6.07) is 36.9. The molecule has 0 aliphatic heterocycles. The van der Waals surface area contributed by atoms with E-state index < -0.39 is 0 Å². The molecule has 0 amide bonds. The topological polar surface area (TPSA) is 55.3 Å². The zero-order valence-electron chi connectivity index (χ0n) is 17.1. The van der Waals surface area contributed by atoms with Crippen molar-refractivity contribution in [1.29, 1.82) is 0 Å². The Balaban J connectivity index is 1.48. The molecule has 4 N–H and O–H groups in total. The summed E-state index contributed by atoms with van der Waals surface area (Å²) in [6.45, 7) is 0. The molecule has 0 radical (unpaired) electrons. The van der Waals surface area contributed by atoms with Crippen LogP contribution in [-0.2, 0) is 0 Å². The molecule has 4 aromatic rings. The maximum Gasteiger partial charge on any atom is 0.0551 e. The first-order chi connectivity index (χ1) is 14.6. The number of hydrogen-bond donors (Lipinski definition) is 2. The molecule has 0 aliphatic carbocycles. The van der Waals surface area contributed by atoms with Gasteiger partial charge in [0.25, 0.3) is 0 Å². The summed E-state index contributed by atoms with van der Waals surface area (Å²) in [5.41, 5.74) is 19.5. The molecule has 0 fully saturated rings. The minimum atomic E-state index is -0.121. The van der Waals surface area contributed by atoms with E-state index in [-0.39, 0.29) is 12.1 Å². The van der Waals surface area contributed by atoms with Crippen molar-refractivity contribution in [2.45, 2.75) is 12.1 Å². The second kappa shape index (κ2) is 8.95. The van der Waals surface area contributed by atoms with Gasteiger partial charge >= 0.3 is 0 Å². The molecule has 0 aliphatic rings. The van der Waals surface area contributed by atoms with Crippen LogP contribution < -0.4 is 16.4 Å². The second-order valence-electron chi connectivity index (χ2n) is 7.52. The van der Waals surface area contributed by atoms with Gasteiger partial charge in [0, 0.05) is 18.4 Å². The fourth-order valence-electron chi connectivity index (χ4n) is 3.67. The van der Waals surface area contributed by atoms with E-state index >= 15 is 0 Å². The number of benzene rings is 4. The fraction of sp³-hybridized carbons (Fsp3) is 0.111. The van der Waals surface area contributed by atoms with Gasteiger partial charge < -0.3 is 16.4 Å². The molecule has 4 aromatic carbocycles. The molecule has 0 spiro atoms. The van der Waals surface area contributed by atoms with Crippen LogP contribution in [0.4, 0.5) is 11.4 Å². The Hall–Kier alpha value is -3.40. The predicted octanol–water partition coefficient (Wildman–Crippen LogP) is 5.55. The van der Waals surface area contributed by atoms with Gasteiger partial charge in [-0.1, -0.05) is 84.9 Å². The molecule has 2 unspecified atom stereocenters. The molecule has 0 bridgehead atoms. The van der Waals surface area contributed by atoms with Gasteiger partial charge in [-0.25, -0.2) is 0 Å². The van der Waals surface area contributed by atoms with Crippen molar-refractivity contribution >= 4 is 11.4 Å². The van der Waals surface area contributed by atoms with E-state index in [0.29, 0.717) is 0 Å². The Labute approximate surface area is 178 Å². The van der Waals surface area contributed by atoms with Crippen molar-refractivity contribution in [1.82, 2.24) is 0 Å². The summed E-state index contributed by atoms with van der Waals surface area (Å²) in [6.07, 6.45) is 0. The van der Waals surface area contributed by atoms with Gasteiger partial charge in [0.2, 0.25) is 0 Å². The van der Waals surface area contributed by atoms with Gasteiger partial charge in [-0.3, -0.25) is 0 Å². The van der Waals surface area contributed by atoms with E-state index in [4.69, 9.17) is 11.5 Å². The van der Waals surface area contributed by atoms with E-state index in [1.807, 2.05) is 36.4 Å². The van der Waals surface area contributed by atoms with Crippen LogP contribution in [0.2, 0.25) is 0 Å². The monoisotopic (exact) mass is 393 g/mol. The Bertz CT molecular complexity index is 970. The molecular weight excluding hydrogens is 366 g/mol. The highest BCUT2D eigenvalue weighted by molar-refractivity contribution is 5.63. The van der Waals surface area contributed by atoms with E-state index in [1.54, 1.807) is 0 Å². The molecular formula is C27H27N3. The van der Waals surface area contributed by atoms with Crippen LogP contribution in [0.1, 0.15) is 34.3 Å². The number of hydrogen-bond acceptors (Lipinski definition) is 3. The van der Waals surface area contributed by atoms with Crippen LogP contribution in [0, 0.1) is 0 Å². The quantitative estimate of drug-likeness (QED) is 0.451. The van der Waals surface area contributed by atoms with Crippen LogP contribution in [0.3, 0.4) is 0 Å². The molecule has 2 atom stereocenters. The average molecular weight is 394 g/mol. The third-order valence-electron chi connectivity index (χ3n) is 5.60. The van der Waals surface area contributed by atoms with E-state index in [0.717, 1.165) is 33.6 Å². The van der Waals surface area contributed by atoms with E-state index in [1.165, 1.54) is 0 Å². The summed E-state index contributed by atoms with van der Waals surface area (Å²) >= 11 is 0. The highest BCUT2D eigenvalue weighted by Crippen LogP contribution is 2.28. The standard InChI is InChI=1S/C27H27N3/c1-30(24-16-12-22(13-17-24)26(28)20-8-4-2-5-9-20)25-18-14-23(15-19-25)27(29)21-10-6-3-7-11-21/h2-19,26-27H,28-29H2,1H3. The lowest BCUT2D eigenvalue weighted by Crippen LogP contribution is -2.14. The third kappa shape index (κ3) is 4.28. The molecule has 0 saturated carbocycles. The van der Waals surface area contributed by atoms with Crippen LogP contribution in [0.15, 0.2) is 109 Å². The van der Waals surface area contributed by atoms with E-state index in [9.17, 15) is 0 Å². The first-order valence-electron chi connectivity index (χ1n) is 10.2. The summed E-state index contributed by atoms with van der Waals surface area (Å²) in [7, 11) is 2.07. The summed E-state index contributed by atoms with van der Waals surface area (Å²) in [5, 5.41) is 0. The predicted molar refractivity (Wildman–Crippen MR) is 126 cm³/mol. The van der Waals surface area contributed by atoms with Gasteiger partial charge in [-0.2, -0.15) is 0 Å². The maximum absolute atomic E-state index is 6.42. The first-order valence-corrected chi connectivity index (χ1v) is 10.2. The molecule has 0 heterocycles. The van der Waals surface area contributed by atoms with Crippen molar-refractivity contribution in [2.24, 2.45) is 11.5 Å². The Morgan fingerprint density at radius 2 is 0.767 bits per heavy atom. The zero-order chi connectivity index (χ0) is 20.9. The lowest BCUT2D eigenvalue weighted by Gasteiger charge is -2.22. The van der Waals surface area contributed by atoms with Crippen molar-refractivity contribution < 1.29 is 0 Å². The Morgan fingerprint density at radius 1 is 0.467 bits per heavy atom. The molecule has 3 nitrogen and oxygen atoms in total. The van der Waals surface area contributed by atoms with Crippen LogP contribution >= 0.6 is 0 Å². The van der Waals surface area contributed by atoms with Crippen molar-refractivity contribution in [3.63, 3.8) is 0 Å². The number of anilines is 2. The Morgan fingerprint density at radius 3 is 1.10 bits per heavy atom. The Kier molecular flexibility index (Phi) is 5.94. The van der Waals surface area contributed by atoms with Gasteiger partial charge in [0.1, 0.15) is 0 Å². The largest absolute Gasteiger partial charge is 0.345 e. The SMILES string of the molecule is CN(c1ccc(C(N)c2ccccc2)cc1)c1ccc(C(N)c2ccccc2)cc1. The third-order valence-corrected chi connectivity index (χ3v) is 5.60. The lowest BCUT2D eigenvalue weighted by atomic mass is 9.99. The van der Waals surface area contributed by atoms with Crippen molar-refractivity contribution in [3.05, 3.63) is 131 Å². The number of nitrogens with two attached hydrogens (primary N) is 2. The maximum atomic E-state index is 6.42. The van der Waals surface area contributed by atoms with E-state index in [2.05, 4.69) is 84.7 Å². The number of nitrogens with zero attached hydrogens (tertiary/aromatic N) is 1. The fourth-order valence-corrected chi connectivity index (χ4v) is 3.67. The van der Waals surface area contributed by atoms with Crippen molar-refractivity contribution in [2.75, 3.05) is 11.9 Å². The highest BCUT2D eigenvalue weighted by atomic mass is 15.1. The summed E-state index contributed by atoms with van der Waals surface area (Å²) < 4.78 is 0.